The van der Waals surface area contributed by atoms with E-state index < -0.39 is 0 Å². The zero-order valence-electron chi connectivity index (χ0n) is 11.6. The lowest BCUT2D eigenvalue weighted by molar-refractivity contribution is 0.0995. The van der Waals surface area contributed by atoms with Crippen molar-refractivity contribution >= 4 is 44.8 Å². The Morgan fingerprint density at radius 1 is 1.23 bits per heavy atom. The maximum absolute atomic E-state index is 12.2. The lowest BCUT2D eigenvalue weighted by Gasteiger charge is -2.30. The fourth-order valence-corrected chi connectivity index (χ4v) is 2.77. The van der Waals surface area contributed by atoms with Gasteiger partial charge in [-0.1, -0.05) is 11.6 Å². The van der Waals surface area contributed by atoms with Gasteiger partial charge in [0.25, 0.3) is 5.91 Å². The topological polar surface area (TPSA) is 54.7 Å². The van der Waals surface area contributed by atoms with Crippen LogP contribution in [0.25, 0.3) is 0 Å². The fourth-order valence-electron chi connectivity index (χ4n) is 2.30. The Morgan fingerprint density at radius 3 is 2.68 bits per heavy atom. The van der Waals surface area contributed by atoms with Crippen molar-refractivity contribution in [2.24, 2.45) is 0 Å². The van der Waals surface area contributed by atoms with Crippen molar-refractivity contribution in [3.05, 3.63) is 45.8 Å². The molecule has 0 spiro atoms. The van der Waals surface area contributed by atoms with Crippen LogP contribution < -0.4 is 10.2 Å². The molecular weight excluding hydrogens is 372 g/mol. The van der Waals surface area contributed by atoms with Crippen LogP contribution in [0.3, 0.4) is 0 Å². The van der Waals surface area contributed by atoms with E-state index in [1.807, 2.05) is 6.07 Å². The molecule has 1 aliphatic heterocycles. The minimum atomic E-state index is -0.303. The summed E-state index contributed by atoms with van der Waals surface area (Å²) in [5.74, 6) is -0.0581. The Morgan fingerprint density at radius 2 is 2.00 bits per heavy atom. The predicted octanol–water partition coefficient (Wildman–Crippen LogP) is 3.78. The molecule has 3 rings (SSSR count). The van der Waals surface area contributed by atoms with Crippen LogP contribution in [0.4, 0.5) is 11.4 Å². The molecule has 1 aliphatic rings. The molecule has 0 bridgehead atoms. The van der Waals surface area contributed by atoms with Crippen molar-refractivity contribution in [3.63, 3.8) is 0 Å². The monoisotopic (exact) mass is 384 g/mol. The third kappa shape index (κ3) is 3.45. The number of morpholine rings is 1. The summed E-state index contributed by atoms with van der Waals surface area (Å²) in [5, 5.41) is 3.50. The summed E-state index contributed by atoms with van der Waals surface area (Å²) in [5.41, 5.74) is 1.58. The van der Waals surface area contributed by atoms with Gasteiger partial charge >= 0.3 is 0 Å². The maximum Gasteiger partial charge on any atom is 0.291 e. The van der Waals surface area contributed by atoms with E-state index in [4.69, 9.17) is 20.8 Å². The molecule has 1 amide bonds. The van der Waals surface area contributed by atoms with Gasteiger partial charge in [0.05, 0.1) is 24.6 Å². The van der Waals surface area contributed by atoms with Gasteiger partial charge in [-0.2, -0.15) is 0 Å². The summed E-state index contributed by atoms with van der Waals surface area (Å²) in [4.78, 5) is 14.4. The molecule has 1 aromatic carbocycles. The largest absolute Gasteiger partial charge is 0.444 e. The minimum absolute atomic E-state index is 0.245. The van der Waals surface area contributed by atoms with E-state index in [-0.39, 0.29) is 11.7 Å². The van der Waals surface area contributed by atoms with Crippen molar-refractivity contribution in [1.29, 1.82) is 0 Å². The highest BCUT2D eigenvalue weighted by molar-refractivity contribution is 9.10. The molecule has 0 unspecified atom stereocenters. The molecule has 1 aromatic heterocycles. The van der Waals surface area contributed by atoms with Gasteiger partial charge in [-0.05, 0) is 46.3 Å². The summed E-state index contributed by atoms with van der Waals surface area (Å²) in [6.45, 7) is 2.83. The minimum Gasteiger partial charge on any atom is -0.444 e. The van der Waals surface area contributed by atoms with E-state index in [0.29, 0.717) is 28.6 Å². The van der Waals surface area contributed by atoms with E-state index >= 15 is 0 Å². The standard InChI is InChI=1S/C15H14BrClN2O3/c16-14-4-3-13(22-14)15(20)18-11-2-1-10(17)9-12(11)19-5-7-21-8-6-19/h1-4,9H,5-8H2,(H,18,20). The van der Waals surface area contributed by atoms with E-state index in [1.165, 1.54) is 0 Å². The number of anilines is 2. The number of halogens is 2. The number of carbonyl (C=O) groups excluding carboxylic acids is 1. The molecular formula is C15H14BrClN2O3. The Labute approximate surface area is 141 Å². The van der Waals surface area contributed by atoms with Gasteiger partial charge in [-0.25, -0.2) is 0 Å². The van der Waals surface area contributed by atoms with Gasteiger partial charge in [0, 0.05) is 18.1 Å². The number of carbonyl (C=O) groups is 1. The van der Waals surface area contributed by atoms with Crippen LogP contribution in [-0.2, 0) is 4.74 Å². The molecule has 1 N–H and O–H groups in total. The third-order valence-corrected chi connectivity index (χ3v) is 4.02. The highest BCUT2D eigenvalue weighted by atomic mass is 79.9. The molecule has 5 nitrogen and oxygen atoms in total. The average Bonchev–Trinajstić information content (AvgIpc) is 2.96. The highest BCUT2D eigenvalue weighted by Crippen LogP contribution is 2.30. The molecule has 22 heavy (non-hydrogen) atoms. The lowest BCUT2D eigenvalue weighted by atomic mass is 10.2. The maximum atomic E-state index is 12.2. The van der Waals surface area contributed by atoms with Gasteiger partial charge in [-0.3, -0.25) is 4.79 Å². The van der Waals surface area contributed by atoms with Crippen LogP contribution in [0.15, 0.2) is 39.4 Å². The van der Waals surface area contributed by atoms with E-state index in [9.17, 15) is 4.79 Å². The number of amides is 1. The first kappa shape index (κ1) is 15.4. The Bertz CT molecular complexity index is 683. The second kappa shape index (κ2) is 6.73. The number of nitrogens with zero attached hydrogens (tertiary/aromatic N) is 1. The Hall–Kier alpha value is -1.50. The molecule has 116 valence electrons. The summed E-state index contributed by atoms with van der Waals surface area (Å²) >= 11 is 9.28. The summed E-state index contributed by atoms with van der Waals surface area (Å²) < 4.78 is 11.1. The fraction of sp³-hybridized carbons (Fsp3) is 0.267. The quantitative estimate of drug-likeness (QED) is 0.873. The summed E-state index contributed by atoms with van der Waals surface area (Å²) in [6.07, 6.45) is 0. The molecule has 0 saturated carbocycles. The van der Waals surface area contributed by atoms with Crippen LogP contribution in [-0.4, -0.2) is 32.2 Å². The number of hydrogen-bond donors (Lipinski definition) is 1. The van der Waals surface area contributed by atoms with E-state index in [0.717, 1.165) is 18.8 Å². The highest BCUT2D eigenvalue weighted by Gasteiger charge is 2.18. The Kier molecular flexibility index (Phi) is 4.71. The van der Waals surface area contributed by atoms with Gasteiger partial charge in [-0.15, -0.1) is 0 Å². The van der Waals surface area contributed by atoms with Crippen molar-refractivity contribution in [2.75, 3.05) is 36.5 Å². The Balaban J connectivity index is 1.84. The molecule has 0 radical (unpaired) electrons. The summed E-state index contributed by atoms with van der Waals surface area (Å²) in [7, 11) is 0. The first-order valence-corrected chi connectivity index (χ1v) is 7.99. The van der Waals surface area contributed by atoms with Crippen molar-refractivity contribution < 1.29 is 13.9 Å². The third-order valence-electron chi connectivity index (χ3n) is 3.36. The lowest BCUT2D eigenvalue weighted by Crippen LogP contribution is -2.36. The van der Waals surface area contributed by atoms with Gasteiger partial charge in [0.15, 0.2) is 10.4 Å². The molecule has 7 heteroatoms. The number of rotatable bonds is 3. The normalized spacial score (nSPS) is 14.9. The molecule has 0 aliphatic carbocycles. The number of hydrogen-bond acceptors (Lipinski definition) is 4. The molecule has 1 saturated heterocycles. The first-order chi connectivity index (χ1) is 10.6. The second-order valence-electron chi connectivity index (χ2n) is 4.82. The van der Waals surface area contributed by atoms with Gasteiger partial charge < -0.3 is 19.4 Å². The van der Waals surface area contributed by atoms with Crippen LogP contribution in [0.5, 0.6) is 0 Å². The molecule has 2 heterocycles. The van der Waals surface area contributed by atoms with Crippen LogP contribution >= 0.6 is 27.5 Å². The van der Waals surface area contributed by atoms with Crippen molar-refractivity contribution in [1.82, 2.24) is 0 Å². The second-order valence-corrected chi connectivity index (χ2v) is 6.04. The zero-order chi connectivity index (χ0) is 15.5. The van der Waals surface area contributed by atoms with E-state index in [1.54, 1.807) is 24.3 Å². The number of ether oxygens (including phenoxy) is 1. The number of furan rings is 1. The molecule has 1 fully saturated rings. The van der Waals surface area contributed by atoms with E-state index in [2.05, 4.69) is 26.1 Å². The van der Waals surface area contributed by atoms with Crippen LogP contribution in [0.1, 0.15) is 10.6 Å². The first-order valence-electron chi connectivity index (χ1n) is 6.82. The molecule has 2 aromatic rings. The van der Waals surface area contributed by atoms with Crippen LogP contribution in [0, 0.1) is 0 Å². The zero-order valence-corrected chi connectivity index (χ0v) is 14.0. The van der Waals surface area contributed by atoms with Crippen LogP contribution in [0.2, 0.25) is 5.02 Å². The smallest absolute Gasteiger partial charge is 0.291 e. The average molecular weight is 386 g/mol. The van der Waals surface area contributed by atoms with Crippen molar-refractivity contribution in [2.45, 2.75) is 0 Å². The number of benzene rings is 1. The number of nitrogens with one attached hydrogen (secondary N) is 1. The molecule has 0 atom stereocenters. The predicted molar refractivity (Wildman–Crippen MR) is 88.8 cm³/mol. The van der Waals surface area contributed by atoms with Gasteiger partial charge in [0.1, 0.15) is 0 Å². The van der Waals surface area contributed by atoms with Crippen molar-refractivity contribution in [3.8, 4) is 0 Å². The summed E-state index contributed by atoms with van der Waals surface area (Å²) in [6, 6.07) is 8.69. The SMILES string of the molecule is O=C(Nc1ccc(Cl)cc1N1CCOCC1)c1ccc(Br)o1. The van der Waals surface area contributed by atoms with Gasteiger partial charge in [0.2, 0.25) is 0 Å².